The Bertz CT molecular complexity index is 218. The third-order valence-corrected chi connectivity index (χ3v) is 3.84. The molecular formula is C13H26N2O. The van der Waals surface area contributed by atoms with Crippen molar-refractivity contribution in [3.05, 3.63) is 0 Å². The van der Waals surface area contributed by atoms with E-state index in [9.17, 15) is 4.79 Å². The molecule has 0 aromatic rings. The van der Waals surface area contributed by atoms with Gasteiger partial charge in [0.2, 0.25) is 5.91 Å². The largest absolute Gasteiger partial charge is 0.356 e. The molecule has 1 aliphatic carbocycles. The van der Waals surface area contributed by atoms with Crippen molar-refractivity contribution in [3.63, 3.8) is 0 Å². The molecule has 3 atom stereocenters. The first-order valence-corrected chi connectivity index (χ1v) is 6.65. The minimum absolute atomic E-state index is 0.159. The van der Waals surface area contributed by atoms with E-state index in [1.807, 2.05) is 6.92 Å². The van der Waals surface area contributed by atoms with Gasteiger partial charge >= 0.3 is 0 Å². The van der Waals surface area contributed by atoms with Crippen molar-refractivity contribution in [1.29, 1.82) is 0 Å². The van der Waals surface area contributed by atoms with Crippen molar-refractivity contribution in [2.24, 2.45) is 11.8 Å². The zero-order valence-corrected chi connectivity index (χ0v) is 10.9. The molecule has 0 aromatic carbocycles. The zero-order chi connectivity index (χ0) is 12.0. The molecule has 0 spiro atoms. The molecule has 3 nitrogen and oxygen atoms in total. The van der Waals surface area contributed by atoms with Crippen LogP contribution in [0.2, 0.25) is 0 Å². The maximum absolute atomic E-state index is 11.3. The van der Waals surface area contributed by atoms with E-state index in [4.69, 9.17) is 0 Å². The third kappa shape index (κ3) is 4.12. The molecule has 3 heteroatoms. The van der Waals surface area contributed by atoms with E-state index >= 15 is 0 Å². The van der Waals surface area contributed by atoms with Gasteiger partial charge in [0.05, 0.1) is 0 Å². The number of amides is 1. The summed E-state index contributed by atoms with van der Waals surface area (Å²) < 4.78 is 0. The van der Waals surface area contributed by atoms with Crippen molar-refractivity contribution < 1.29 is 4.79 Å². The molecule has 3 unspecified atom stereocenters. The van der Waals surface area contributed by atoms with E-state index in [2.05, 4.69) is 24.5 Å². The molecule has 0 radical (unpaired) electrons. The van der Waals surface area contributed by atoms with Crippen molar-refractivity contribution >= 4 is 5.91 Å². The summed E-state index contributed by atoms with van der Waals surface area (Å²) in [6, 6.07) is 0.609. The second-order valence-corrected chi connectivity index (χ2v) is 5.03. The molecular weight excluding hydrogens is 200 g/mol. The minimum Gasteiger partial charge on any atom is -0.356 e. The molecule has 0 aromatic heterocycles. The molecule has 1 saturated carbocycles. The lowest BCUT2D eigenvalue weighted by molar-refractivity contribution is -0.120. The smallest absolute Gasteiger partial charge is 0.221 e. The van der Waals surface area contributed by atoms with Crippen molar-refractivity contribution in [2.75, 3.05) is 13.1 Å². The Morgan fingerprint density at radius 2 is 2.06 bits per heavy atom. The van der Waals surface area contributed by atoms with Crippen molar-refractivity contribution in [2.45, 2.75) is 52.5 Å². The first-order chi connectivity index (χ1) is 7.65. The van der Waals surface area contributed by atoms with Crippen molar-refractivity contribution in [3.8, 4) is 0 Å². The van der Waals surface area contributed by atoms with Crippen LogP contribution in [0.15, 0.2) is 0 Å². The number of nitrogens with one attached hydrogen (secondary N) is 2. The highest BCUT2D eigenvalue weighted by Gasteiger charge is 2.26. The molecule has 0 bridgehead atoms. The number of hydrogen-bond acceptors (Lipinski definition) is 2. The molecule has 94 valence electrons. The average molecular weight is 226 g/mol. The van der Waals surface area contributed by atoms with Crippen molar-refractivity contribution in [1.82, 2.24) is 10.6 Å². The highest BCUT2D eigenvalue weighted by atomic mass is 16.1. The highest BCUT2D eigenvalue weighted by Crippen LogP contribution is 2.29. The summed E-state index contributed by atoms with van der Waals surface area (Å²) in [7, 11) is 0. The molecule has 0 heterocycles. The van der Waals surface area contributed by atoms with Gasteiger partial charge in [-0.2, -0.15) is 0 Å². The summed E-state index contributed by atoms with van der Waals surface area (Å²) in [5, 5.41) is 6.35. The molecule has 1 aliphatic rings. The van der Waals surface area contributed by atoms with Crippen LogP contribution in [0.4, 0.5) is 0 Å². The lowest BCUT2D eigenvalue weighted by Gasteiger charge is -2.34. The van der Waals surface area contributed by atoms with Gasteiger partial charge in [-0.1, -0.05) is 26.7 Å². The highest BCUT2D eigenvalue weighted by molar-refractivity contribution is 5.75. The van der Waals surface area contributed by atoms with Crippen LogP contribution in [0.25, 0.3) is 0 Å². The zero-order valence-electron chi connectivity index (χ0n) is 10.9. The van der Waals surface area contributed by atoms with Crippen LogP contribution in [0.3, 0.4) is 0 Å². The van der Waals surface area contributed by atoms with Gasteiger partial charge in [-0.3, -0.25) is 4.79 Å². The number of hydrogen-bond donors (Lipinski definition) is 2. The Morgan fingerprint density at radius 1 is 1.31 bits per heavy atom. The standard InChI is InChI=1S/C13H26N2O/c1-4-14-13(16)8-9-15-12-7-5-6-10(2)11(12)3/h10-12,15H,4-9H2,1-3H3,(H,14,16). The van der Waals surface area contributed by atoms with Crippen LogP contribution in [0.5, 0.6) is 0 Å². The van der Waals surface area contributed by atoms with Gasteiger partial charge in [0.25, 0.3) is 0 Å². The SMILES string of the molecule is CCNC(=O)CCNC1CCCC(C)C1C. The molecule has 1 fully saturated rings. The van der Waals surface area contributed by atoms with Gasteiger partial charge in [0.15, 0.2) is 0 Å². The molecule has 0 aliphatic heterocycles. The number of rotatable bonds is 5. The Morgan fingerprint density at radius 3 is 2.75 bits per heavy atom. The second-order valence-electron chi connectivity index (χ2n) is 5.03. The Hall–Kier alpha value is -0.570. The topological polar surface area (TPSA) is 41.1 Å². The molecule has 1 amide bonds. The first-order valence-electron chi connectivity index (χ1n) is 6.65. The predicted molar refractivity (Wildman–Crippen MR) is 67.3 cm³/mol. The maximum Gasteiger partial charge on any atom is 0.221 e. The fourth-order valence-electron chi connectivity index (χ4n) is 2.53. The van der Waals surface area contributed by atoms with E-state index in [0.717, 1.165) is 24.9 Å². The van der Waals surface area contributed by atoms with Gasteiger partial charge in [-0.15, -0.1) is 0 Å². The molecule has 0 saturated heterocycles. The van der Waals surface area contributed by atoms with E-state index in [0.29, 0.717) is 12.5 Å². The van der Waals surface area contributed by atoms with E-state index in [-0.39, 0.29) is 5.91 Å². The summed E-state index contributed by atoms with van der Waals surface area (Å²) in [6.07, 6.45) is 4.55. The van der Waals surface area contributed by atoms with E-state index < -0.39 is 0 Å². The Kier molecular flexibility index (Phi) is 5.81. The van der Waals surface area contributed by atoms with Crippen LogP contribution in [0.1, 0.15) is 46.5 Å². The summed E-state index contributed by atoms with van der Waals surface area (Å²) in [5.74, 6) is 1.71. The van der Waals surface area contributed by atoms with Gasteiger partial charge in [-0.05, 0) is 25.2 Å². The number of carbonyl (C=O) groups excluding carboxylic acids is 1. The summed E-state index contributed by atoms with van der Waals surface area (Å²) in [6.45, 7) is 8.16. The molecule has 2 N–H and O–H groups in total. The monoisotopic (exact) mass is 226 g/mol. The van der Waals surface area contributed by atoms with Crippen LogP contribution in [-0.2, 0) is 4.79 Å². The fraction of sp³-hybridized carbons (Fsp3) is 0.923. The van der Waals surface area contributed by atoms with Crippen LogP contribution < -0.4 is 10.6 Å². The second kappa shape index (κ2) is 6.89. The van der Waals surface area contributed by atoms with Crippen LogP contribution in [0, 0.1) is 11.8 Å². The third-order valence-electron chi connectivity index (χ3n) is 3.84. The summed E-state index contributed by atoms with van der Waals surface area (Å²) in [4.78, 5) is 11.3. The summed E-state index contributed by atoms with van der Waals surface area (Å²) in [5.41, 5.74) is 0. The Balaban J connectivity index is 2.19. The fourth-order valence-corrected chi connectivity index (χ4v) is 2.53. The lowest BCUT2D eigenvalue weighted by atomic mass is 9.78. The average Bonchev–Trinajstić information content (AvgIpc) is 2.25. The van der Waals surface area contributed by atoms with E-state index in [1.165, 1.54) is 19.3 Å². The summed E-state index contributed by atoms with van der Waals surface area (Å²) >= 11 is 0. The van der Waals surface area contributed by atoms with E-state index in [1.54, 1.807) is 0 Å². The quantitative estimate of drug-likeness (QED) is 0.752. The molecule has 1 rings (SSSR count). The van der Waals surface area contributed by atoms with Gasteiger partial charge in [0.1, 0.15) is 0 Å². The maximum atomic E-state index is 11.3. The Labute approximate surface area is 99.4 Å². The minimum atomic E-state index is 0.159. The van der Waals surface area contributed by atoms with Crippen LogP contribution in [-0.4, -0.2) is 25.0 Å². The predicted octanol–water partition coefficient (Wildman–Crippen LogP) is 1.93. The van der Waals surface area contributed by atoms with Gasteiger partial charge in [-0.25, -0.2) is 0 Å². The first kappa shape index (κ1) is 13.5. The lowest BCUT2D eigenvalue weighted by Crippen LogP contribution is -2.42. The van der Waals surface area contributed by atoms with Gasteiger partial charge in [0, 0.05) is 25.6 Å². The molecule has 16 heavy (non-hydrogen) atoms. The van der Waals surface area contributed by atoms with Crippen LogP contribution >= 0.6 is 0 Å². The van der Waals surface area contributed by atoms with Gasteiger partial charge < -0.3 is 10.6 Å². The normalized spacial score (nSPS) is 30.1. The number of carbonyl (C=O) groups is 1.